The van der Waals surface area contributed by atoms with Crippen molar-refractivity contribution in [2.75, 3.05) is 19.7 Å². The van der Waals surface area contributed by atoms with Crippen LogP contribution in [0.2, 0.25) is 0 Å². The summed E-state index contributed by atoms with van der Waals surface area (Å²) >= 11 is 0. The zero-order valence-corrected chi connectivity index (χ0v) is 13.4. The van der Waals surface area contributed by atoms with Crippen LogP contribution in [0.1, 0.15) is 32.3 Å². The normalized spacial score (nSPS) is 21.5. The number of nitrogens with one attached hydrogen (secondary N) is 1. The highest BCUT2D eigenvalue weighted by Crippen LogP contribution is 2.17. The molecule has 0 aliphatic carbocycles. The third-order valence-corrected chi connectivity index (χ3v) is 4.04. The molecule has 1 aliphatic rings. The van der Waals surface area contributed by atoms with Gasteiger partial charge in [-0.15, -0.1) is 0 Å². The molecule has 0 radical (unpaired) electrons. The van der Waals surface area contributed by atoms with Gasteiger partial charge in [-0.2, -0.15) is 0 Å². The number of β-amino-alcohol motifs (C(OH)–C–C–N with tert-alkyl or cyclic N) is 1. The molecular formula is C17H26N2O3. The molecule has 1 fully saturated rings. The summed E-state index contributed by atoms with van der Waals surface area (Å²) < 4.78 is 5.40. The molecule has 2 N–H and O–H groups in total. The van der Waals surface area contributed by atoms with Crippen molar-refractivity contribution in [1.82, 2.24) is 10.2 Å². The maximum atomic E-state index is 12.2. The number of rotatable bonds is 5. The molecule has 0 unspecified atom stereocenters. The molecule has 0 aromatic heterocycles. The van der Waals surface area contributed by atoms with Gasteiger partial charge in [0.05, 0.1) is 12.7 Å². The topological polar surface area (TPSA) is 61.8 Å². The summed E-state index contributed by atoms with van der Waals surface area (Å²) in [5.41, 5.74) is 1.16. The zero-order valence-electron chi connectivity index (χ0n) is 13.4. The summed E-state index contributed by atoms with van der Waals surface area (Å²) in [6.45, 7) is 5.66. The summed E-state index contributed by atoms with van der Waals surface area (Å²) in [5.74, 6) is 0.867. The number of ether oxygens (including phenoxy) is 1. The number of benzene rings is 1. The molecule has 5 nitrogen and oxygen atoms in total. The minimum absolute atomic E-state index is 0.0859. The van der Waals surface area contributed by atoms with Crippen LogP contribution < -0.4 is 10.1 Å². The summed E-state index contributed by atoms with van der Waals surface area (Å²) in [6, 6.07) is 8.04. The first-order valence-corrected chi connectivity index (χ1v) is 8.04. The van der Waals surface area contributed by atoms with Crippen molar-refractivity contribution in [2.45, 2.75) is 45.3 Å². The van der Waals surface area contributed by atoms with E-state index in [1.807, 2.05) is 38.1 Å². The van der Waals surface area contributed by atoms with Crippen LogP contribution in [0.15, 0.2) is 24.3 Å². The number of likely N-dealkylation sites (tertiary alicyclic amines) is 1. The van der Waals surface area contributed by atoms with Gasteiger partial charge < -0.3 is 20.1 Å². The van der Waals surface area contributed by atoms with Crippen molar-refractivity contribution in [3.05, 3.63) is 29.8 Å². The Kier molecular flexibility index (Phi) is 6.07. The lowest BCUT2D eigenvalue weighted by Crippen LogP contribution is -2.51. The second-order valence-electron chi connectivity index (χ2n) is 5.79. The number of amides is 2. The second kappa shape index (κ2) is 8.03. The van der Waals surface area contributed by atoms with Crippen molar-refractivity contribution < 1.29 is 14.6 Å². The van der Waals surface area contributed by atoms with Crippen molar-refractivity contribution in [3.8, 4) is 5.75 Å². The number of carbonyl (C=O) groups excluding carboxylic acids is 1. The van der Waals surface area contributed by atoms with Gasteiger partial charge in [0.25, 0.3) is 0 Å². The van der Waals surface area contributed by atoms with Crippen LogP contribution in [0.3, 0.4) is 0 Å². The van der Waals surface area contributed by atoms with E-state index in [-0.39, 0.29) is 12.1 Å². The van der Waals surface area contributed by atoms with Gasteiger partial charge in [-0.1, -0.05) is 12.1 Å². The fourth-order valence-electron chi connectivity index (χ4n) is 2.71. The van der Waals surface area contributed by atoms with Crippen molar-refractivity contribution in [2.24, 2.45) is 0 Å². The molecule has 1 aromatic carbocycles. The predicted octanol–water partition coefficient (Wildman–Crippen LogP) is 2.18. The standard InChI is InChI=1S/C17H26N2O3/c1-3-22-16-8-5-14(6-9-16)10-11-18-17(21)19-12-15(20)7-4-13(19)2/h5-6,8-9,13,15,20H,3-4,7,10-12H2,1-2H3,(H,18,21)/t13-,15-/m0/s1. The number of piperidine rings is 1. The highest BCUT2D eigenvalue weighted by atomic mass is 16.5. The van der Waals surface area contributed by atoms with Gasteiger partial charge in [-0.3, -0.25) is 0 Å². The number of carbonyl (C=O) groups is 1. The van der Waals surface area contributed by atoms with Gasteiger partial charge in [0, 0.05) is 19.1 Å². The molecule has 5 heteroatoms. The lowest BCUT2D eigenvalue weighted by Gasteiger charge is -2.35. The SMILES string of the molecule is CCOc1ccc(CCNC(=O)N2C[C@@H](O)CC[C@@H]2C)cc1. The van der Waals surface area contributed by atoms with Crippen LogP contribution in [0.25, 0.3) is 0 Å². The summed E-state index contributed by atoms with van der Waals surface area (Å²) in [7, 11) is 0. The number of aliphatic hydroxyl groups excluding tert-OH is 1. The zero-order chi connectivity index (χ0) is 15.9. The number of nitrogens with zero attached hydrogens (tertiary/aromatic N) is 1. The fraction of sp³-hybridized carbons (Fsp3) is 0.588. The molecule has 0 spiro atoms. The second-order valence-corrected chi connectivity index (χ2v) is 5.79. The fourth-order valence-corrected chi connectivity index (χ4v) is 2.71. The highest BCUT2D eigenvalue weighted by Gasteiger charge is 2.27. The first-order valence-electron chi connectivity index (χ1n) is 8.04. The first-order chi connectivity index (χ1) is 10.6. The van der Waals surface area contributed by atoms with E-state index in [1.54, 1.807) is 4.90 Å². The molecule has 2 atom stereocenters. The van der Waals surface area contributed by atoms with Gasteiger partial charge in [-0.05, 0) is 50.8 Å². The average molecular weight is 306 g/mol. The van der Waals surface area contributed by atoms with Gasteiger partial charge in [0.2, 0.25) is 0 Å². The van der Waals surface area contributed by atoms with Crippen molar-refractivity contribution in [1.29, 1.82) is 0 Å². The molecule has 1 saturated heterocycles. The van der Waals surface area contributed by atoms with E-state index in [2.05, 4.69) is 5.32 Å². The third-order valence-electron chi connectivity index (χ3n) is 4.04. The quantitative estimate of drug-likeness (QED) is 0.876. The minimum atomic E-state index is -0.395. The van der Waals surface area contributed by atoms with Crippen LogP contribution in [-0.2, 0) is 6.42 Å². The highest BCUT2D eigenvalue weighted by molar-refractivity contribution is 5.74. The van der Waals surface area contributed by atoms with Crippen molar-refractivity contribution >= 4 is 6.03 Å². The van der Waals surface area contributed by atoms with Crippen LogP contribution in [0.5, 0.6) is 5.75 Å². The van der Waals surface area contributed by atoms with E-state index in [0.717, 1.165) is 30.6 Å². The molecule has 2 amide bonds. The van der Waals surface area contributed by atoms with Crippen molar-refractivity contribution in [3.63, 3.8) is 0 Å². The van der Waals surface area contributed by atoms with E-state index in [4.69, 9.17) is 4.74 Å². The van der Waals surface area contributed by atoms with Crippen LogP contribution in [0.4, 0.5) is 4.79 Å². The lowest BCUT2D eigenvalue weighted by atomic mass is 10.0. The van der Waals surface area contributed by atoms with E-state index in [0.29, 0.717) is 19.7 Å². The molecule has 122 valence electrons. The minimum Gasteiger partial charge on any atom is -0.494 e. The van der Waals surface area contributed by atoms with Gasteiger partial charge in [0.15, 0.2) is 0 Å². The van der Waals surface area contributed by atoms with Crippen LogP contribution in [0, 0.1) is 0 Å². The molecule has 0 bridgehead atoms. The number of hydrogen-bond acceptors (Lipinski definition) is 3. The van der Waals surface area contributed by atoms with Gasteiger partial charge in [0.1, 0.15) is 5.75 Å². The van der Waals surface area contributed by atoms with Gasteiger partial charge >= 0.3 is 6.03 Å². The monoisotopic (exact) mass is 306 g/mol. The Bertz CT molecular complexity index is 475. The number of aliphatic hydroxyl groups is 1. The number of urea groups is 1. The smallest absolute Gasteiger partial charge is 0.317 e. The molecule has 1 aliphatic heterocycles. The van der Waals surface area contributed by atoms with E-state index >= 15 is 0 Å². The maximum Gasteiger partial charge on any atom is 0.317 e. The Labute approximate surface area is 132 Å². The van der Waals surface area contributed by atoms with Gasteiger partial charge in [-0.25, -0.2) is 4.79 Å². The summed E-state index contributed by atoms with van der Waals surface area (Å²) in [5, 5.41) is 12.6. The van der Waals surface area contributed by atoms with Crippen LogP contribution >= 0.6 is 0 Å². The Morgan fingerprint density at radius 2 is 2.09 bits per heavy atom. The lowest BCUT2D eigenvalue weighted by molar-refractivity contribution is 0.0599. The summed E-state index contributed by atoms with van der Waals surface area (Å²) in [4.78, 5) is 13.9. The molecule has 2 rings (SSSR count). The molecule has 1 heterocycles. The van der Waals surface area contributed by atoms with E-state index < -0.39 is 6.10 Å². The van der Waals surface area contributed by atoms with E-state index in [9.17, 15) is 9.90 Å². The molecular weight excluding hydrogens is 280 g/mol. The largest absolute Gasteiger partial charge is 0.494 e. The molecule has 1 aromatic rings. The Morgan fingerprint density at radius 1 is 1.36 bits per heavy atom. The number of hydrogen-bond donors (Lipinski definition) is 2. The Morgan fingerprint density at radius 3 is 2.77 bits per heavy atom. The van der Waals surface area contributed by atoms with Crippen LogP contribution in [-0.4, -0.2) is 47.9 Å². The first kappa shape index (κ1) is 16.6. The Balaban J connectivity index is 1.76. The molecule has 22 heavy (non-hydrogen) atoms. The van der Waals surface area contributed by atoms with E-state index in [1.165, 1.54) is 0 Å². The predicted molar refractivity (Wildman–Crippen MR) is 86.1 cm³/mol. The third kappa shape index (κ3) is 4.63. The molecule has 0 saturated carbocycles. The Hall–Kier alpha value is -1.75. The summed E-state index contributed by atoms with van der Waals surface area (Å²) in [6.07, 6.45) is 2.01. The average Bonchev–Trinajstić information content (AvgIpc) is 2.51. The maximum absolute atomic E-state index is 12.2.